The van der Waals surface area contributed by atoms with Gasteiger partial charge in [-0.25, -0.2) is 0 Å². The largest absolute Gasteiger partial charge is 0.497 e. The molecule has 0 bridgehead atoms. The van der Waals surface area contributed by atoms with E-state index in [1.54, 1.807) is 7.11 Å². The fourth-order valence-corrected chi connectivity index (χ4v) is 4.05. The van der Waals surface area contributed by atoms with Crippen LogP contribution in [0.2, 0.25) is 0 Å². The Hall–Kier alpha value is -1.77. The molecule has 1 aliphatic carbocycles. The molecular weight excluding hydrogens is 286 g/mol. The first-order chi connectivity index (χ1) is 11.2. The zero-order chi connectivity index (χ0) is 16.3. The quantitative estimate of drug-likeness (QED) is 0.702. The van der Waals surface area contributed by atoms with Crippen molar-refractivity contribution in [1.82, 2.24) is 0 Å². The van der Waals surface area contributed by atoms with E-state index >= 15 is 0 Å². The Bertz CT molecular complexity index is 582. The molecule has 3 nitrogen and oxygen atoms in total. The second kappa shape index (κ2) is 6.77. The lowest BCUT2D eigenvalue weighted by molar-refractivity contribution is -0.118. The number of rotatable bonds is 6. The van der Waals surface area contributed by atoms with Crippen LogP contribution in [0.3, 0.4) is 0 Å². The van der Waals surface area contributed by atoms with E-state index in [4.69, 9.17) is 4.74 Å². The molecule has 3 rings (SSSR count). The van der Waals surface area contributed by atoms with Gasteiger partial charge in [-0.15, -0.1) is 0 Å². The fourth-order valence-electron chi connectivity index (χ4n) is 4.05. The molecule has 0 saturated heterocycles. The lowest BCUT2D eigenvalue weighted by atomic mass is 9.92. The normalized spacial score (nSPS) is 19.5. The van der Waals surface area contributed by atoms with Crippen LogP contribution in [0.5, 0.6) is 5.75 Å². The van der Waals surface area contributed by atoms with E-state index in [1.807, 2.05) is 18.2 Å². The second-order valence-corrected chi connectivity index (χ2v) is 6.73. The van der Waals surface area contributed by atoms with Crippen LogP contribution >= 0.6 is 0 Å². The molecule has 0 N–H and O–H groups in total. The minimum Gasteiger partial charge on any atom is -0.497 e. The SMILES string of the molecule is CCCCCC1=CC(=O)C2(CCCC2)N1c1ccc(OC)cc1. The zero-order valence-electron chi connectivity index (χ0n) is 14.3. The predicted octanol–water partition coefficient (Wildman–Crippen LogP) is 4.86. The van der Waals surface area contributed by atoms with Gasteiger partial charge in [0.05, 0.1) is 7.11 Å². The summed E-state index contributed by atoms with van der Waals surface area (Å²) in [6.45, 7) is 2.22. The van der Waals surface area contributed by atoms with E-state index in [-0.39, 0.29) is 5.54 Å². The second-order valence-electron chi connectivity index (χ2n) is 6.73. The summed E-state index contributed by atoms with van der Waals surface area (Å²) in [5.74, 6) is 1.17. The van der Waals surface area contributed by atoms with Gasteiger partial charge >= 0.3 is 0 Å². The predicted molar refractivity (Wildman–Crippen MR) is 93.9 cm³/mol. The standard InChI is InChI=1S/C20H27NO2/c1-3-4-5-8-17-15-19(22)20(13-6-7-14-20)21(17)16-9-11-18(23-2)12-10-16/h9-12,15H,3-8,13-14H2,1-2H3. The highest BCUT2D eigenvalue weighted by molar-refractivity contribution is 6.06. The summed E-state index contributed by atoms with van der Waals surface area (Å²) in [4.78, 5) is 15.2. The summed E-state index contributed by atoms with van der Waals surface area (Å²) in [7, 11) is 1.68. The molecule has 23 heavy (non-hydrogen) atoms. The lowest BCUT2D eigenvalue weighted by Gasteiger charge is -2.38. The molecule has 1 heterocycles. The minimum atomic E-state index is -0.309. The topological polar surface area (TPSA) is 29.5 Å². The van der Waals surface area contributed by atoms with Gasteiger partial charge in [0.1, 0.15) is 11.3 Å². The number of nitrogens with zero attached hydrogens (tertiary/aromatic N) is 1. The average molecular weight is 313 g/mol. The molecule has 0 unspecified atom stereocenters. The molecule has 1 aromatic carbocycles. The Morgan fingerprint density at radius 3 is 2.43 bits per heavy atom. The van der Waals surface area contributed by atoms with Crippen LogP contribution < -0.4 is 9.64 Å². The van der Waals surface area contributed by atoms with Crippen LogP contribution in [0.25, 0.3) is 0 Å². The van der Waals surface area contributed by atoms with E-state index < -0.39 is 0 Å². The number of benzene rings is 1. The first-order valence-corrected chi connectivity index (χ1v) is 8.90. The number of methoxy groups -OCH3 is 1. The van der Waals surface area contributed by atoms with Crippen molar-refractivity contribution in [2.24, 2.45) is 0 Å². The molecule has 124 valence electrons. The molecule has 1 fully saturated rings. The number of carbonyl (C=O) groups excluding carboxylic acids is 1. The third kappa shape index (κ3) is 2.89. The summed E-state index contributed by atoms with van der Waals surface area (Å²) in [6.07, 6.45) is 10.7. The number of anilines is 1. The highest BCUT2D eigenvalue weighted by atomic mass is 16.5. The molecule has 1 saturated carbocycles. The molecule has 1 aromatic rings. The molecule has 2 aliphatic rings. The van der Waals surface area contributed by atoms with Crippen molar-refractivity contribution >= 4 is 11.5 Å². The molecule has 0 radical (unpaired) electrons. The first kappa shape index (κ1) is 16.1. The Morgan fingerprint density at radius 2 is 1.83 bits per heavy atom. The van der Waals surface area contributed by atoms with Crippen molar-refractivity contribution in [2.45, 2.75) is 63.8 Å². The number of ether oxygens (including phenoxy) is 1. The van der Waals surface area contributed by atoms with Crippen LogP contribution in [-0.4, -0.2) is 18.4 Å². The minimum absolute atomic E-state index is 0.309. The molecule has 0 atom stereocenters. The summed E-state index contributed by atoms with van der Waals surface area (Å²) < 4.78 is 5.28. The molecule has 0 amide bonds. The van der Waals surface area contributed by atoms with Crippen molar-refractivity contribution in [3.63, 3.8) is 0 Å². The summed E-state index contributed by atoms with van der Waals surface area (Å²) in [5, 5.41) is 0. The molecular formula is C20H27NO2. The van der Waals surface area contributed by atoms with Gasteiger partial charge in [0.15, 0.2) is 5.78 Å². The third-order valence-corrected chi connectivity index (χ3v) is 5.27. The highest BCUT2D eigenvalue weighted by Crippen LogP contribution is 2.46. The van der Waals surface area contributed by atoms with E-state index in [0.717, 1.165) is 50.0 Å². The summed E-state index contributed by atoms with van der Waals surface area (Å²) in [5.41, 5.74) is 2.02. The lowest BCUT2D eigenvalue weighted by Crippen LogP contribution is -2.47. The van der Waals surface area contributed by atoms with Crippen molar-refractivity contribution in [2.75, 3.05) is 12.0 Å². The maximum Gasteiger partial charge on any atom is 0.183 e. The van der Waals surface area contributed by atoms with Gasteiger partial charge in [0.25, 0.3) is 0 Å². The Balaban J connectivity index is 1.91. The number of carbonyl (C=O) groups is 1. The van der Waals surface area contributed by atoms with Crippen molar-refractivity contribution in [3.05, 3.63) is 36.0 Å². The Labute approximate surface area is 139 Å². The molecule has 1 aliphatic heterocycles. The molecule has 0 aromatic heterocycles. The van der Waals surface area contributed by atoms with Crippen LogP contribution in [0.15, 0.2) is 36.0 Å². The van der Waals surface area contributed by atoms with E-state index in [9.17, 15) is 4.79 Å². The maximum absolute atomic E-state index is 12.8. The van der Waals surface area contributed by atoms with E-state index in [1.165, 1.54) is 18.5 Å². The maximum atomic E-state index is 12.8. The van der Waals surface area contributed by atoms with Crippen LogP contribution in [0.4, 0.5) is 5.69 Å². The monoisotopic (exact) mass is 313 g/mol. The van der Waals surface area contributed by atoms with Crippen LogP contribution in [-0.2, 0) is 4.79 Å². The van der Waals surface area contributed by atoms with Crippen LogP contribution in [0, 0.1) is 0 Å². The van der Waals surface area contributed by atoms with Gasteiger partial charge in [-0.05, 0) is 49.9 Å². The average Bonchev–Trinajstić information content (AvgIpc) is 3.15. The zero-order valence-corrected chi connectivity index (χ0v) is 14.3. The van der Waals surface area contributed by atoms with Crippen molar-refractivity contribution < 1.29 is 9.53 Å². The number of ketones is 1. The number of hydrogen-bond acceptors (Lipinski definition) is 3. The van der Waals surface area contributed by atoms with E-state index in [0.29, 0.717) is 5.78 Å². The van der Waals surface area contributed by atoms with Gasteiger partial charge in [-0.3, -0.25) is 4.79 Å². The third-order valence-electron chi connectivity index (χ3n) is 5.27. The Morgan fingerprint density at radius 1 is 1.13 bits per heavy atom. The molecule has 1 spiro atoms. The number of unbranched alkanes of at least 4 members (excludes halogenated alkanes) is 2. The van der Waals surface area contributed by atoms with Gasteiger partial charge in [-0.2, -0.15) is 0 Å². The van der Waals surface area contributed by atoms with Gasteiger partial charge < -0.3 is 9.64 Å². The summed E-state index contributed by atoms with van der Waals surface area (Å²) >= 11 is 0. The highest BCUT2D eigenvalue weighted by Gasteiger charge is 2.50. The Kier molecular flexibility index (Phi) is 4.74. The van der Waals surface area contributed by atoms with Gasteiger partial charge in [-0.1, -0.05) is 32.6 Å². The fraction of sp³-hybridized carbons (Fsp3) is 0.550. The van der Waals surface area contributed by atoms with Crippen LogP contribution in [0.1, 0.15) is 58.3 Å². The smallest absolute Gasteiger partial charge is 0.183 e. The van der Waals surface area contributed by atoms with Crippen molar-refractivity contribution in [1.29, 1.82) is 0 Å². The number of allylic oxidation sites excluding steroid dienone is 1. The van der Waals surface area contributed by atoms with Gasteiger partial charge in [0.2, 0.25) is 0 Å². The molecule has 3 heteroatoms. The first-order valence-electron chi connectivity index (χ1n) is 8.90. The van der Waals surface area contributed by atoms with Crippen molar-refractivity contribution in [3.8, 4) is 5.75 Å². The van der Waals surface area contributed by atoms with E-state index in [2.05, 4.69) is 24.0 Å². The summed E-state index contributed by atoms with van der Waals surface area (Å²) in [6, 6.07) is 8.16. The number of hydrogen-bond donors (Lipinski definition) is 0. The van der Waals surface area contributed by atoms with Gasteiger partial charge in [0, 0.05) is 17.5 Å².